The summed E-state index contributed by atoms with van der Waals surface area (Å²) < 4.78 is 0. The van der Waals surface area contributed by atoms with Gasteiger partial charge in [0.15, 0.2) is 0 Å². The highest BCUT2D eigenvalue weighted by molar-refractivity contribution is 5.95. The first kappa shape index (κ1) is 12.6. The second-order valence-electron chi connectivity index (χ2n) is 5.99. The molecule has 0 bridgehead atoms. The Hall–Kier alpha value is -1.39. The molecule has 1 aromatic rings. The Kier molecular flexibility index (Phi) is 3.07. The van der Waals surface area contributed by atoms with E-state index in [1.54, 1.807) is 0 Å². The molecule has 4 nitrogen and oxygen atoms in total. The van der Waals surface area contributed by atoms with Crippen LogP contribution in [0.2, 0.25) is 0 Å². The average molecular weight is 259 g/mol. The van der Waals surface area contributed by atoms with Gasteiger partial charge in [-0.2, -0.15) is 0 Å². The van der Waals surface area contributed by atoms with Crippen molar-refractivity contribution in [3.63, 3.8) is 0 Å². The van der Waals surface area contributed by atoms with Crippen molar-refractivity contribution < 1.29 is 4.79 Å². The Morgan fingerprint density at radius 2 is 2.11 bits per heavy atom. The Bertz CT molecular complexity index is 496. The van der Waals surface area contributed by atoms with E-state index in [2.05, 4.69) is 17.0 Å². The highest BCUT2D eigenvalue weighted by Gasteiger charge is 2.38. The number of carbonyl (C=O) groups excluding carboxylic acids is 1. The third kappa shape index (κ3) is 2.80. The number of hydrogen-bond donors (Lipinski definition) is 1. The molecule has 1 aliphatic carbocycles. The lowest BCUT2D eigenvalue weighted by Gasteiger charge is -2.32. The van der Waals surface area contributed by atoms with Crippen LogP contribution in [0.4, 0.5) is 5.69 Å². The van der Waals surface area contributed by atoms with Gasteiger partial charge in [0.2, 0.25) is 5.91 Å². The molecule has 4 heteroatoms. The highest BCUT2D eigenvalue weighted by Crippen LogP contribution is 2.36. The van der Waals surface area contributed by atoms with Crippen LogP contribution < -0.4 is 10.6 Å². The summed E-state index contributed by atoms with van der Waals surface area (Å²) in [6.45, 7) is 2.20. The molecule has 1 saturated heterocycles. The standard InChI is InChI=1S/C15H21N3O/c1-17-7-8-18(14(19)11-17)13-4-2-3-12(9-13)10-15(16)5-6-15/h2-4,9H,5-8,10-11,16H2,1H3. The van der Waals surface area contributed by atoms with Crippen LogP contribution in [0, 0.1) is 0 Å². The van der Waals surface area contributed by atoms with E-state index in [0.717, 1.165) is 38.0 Å². The molecule has 1 aliphatic heterocycles. The van der Waals surface area contributed by atoms with Gasteiger partial charge >= 0.3 is 0 Å². The summed E-state index contributed by atoms with van der Waals surface area (Å²) in [4.78, 5) is 16.0. The summed E-state index contributed by atoms with van der Waals surface area (Å²) in [6.07, 6.45) is 3.15. The van der Waals surface area contributed by atoms with E-state index < -0.39 is 0 Å². The number of benzene rings is 1. The molecule has 1 heterocycles. The summed E-state index contributed by atoms with van der Waals surface area (Å²) in [5.74, 6) is 0.180. The van der Waals surface area contributed by atoms with Gasteiger partial charge in [-0.25, -0.2) is 0 Å². The minimum absolute atomic E-state index is 0.0186. The van der Waals surface area contributed by atoms with Gasteiger partial charge in [-0.05, 0) is 44.0 Å². The molecule has 1 amide bonds. The Labute approximate surface area is 114 Å². The summed E-state index contributed by atoms with van der Waals surface area (Å²) >= 11 is 0. The second-order valence-corrected chi connectivity index (χ2v) is 5.99. The van der Waals surface area contributed by atoms with Crippen LogP contribution in [0.15, 0.2) is 24.3 Å². The van der Waals surface area contributed by atoms with Gasteiger partial charge in [0.05, 0.1) is 6.54 Å². The number of carbonyl (C=O) groups is 1. The van der Waals surface area contributed by atoms with Crippen molar-refractivity contribution in [2.75, 3.05) is 31.6 Å². The van der Waals surface area contributed by atoms with Crippen molar-refractivity contribution >= 4 is 11.6 Å². The van der Waals surface area contributed by atoms with E-state index in [4.69, 9.17) is 5.73 Å². The number of piperazine rings is 1. The maximum absolute atomic E-state index is 12.1. The van der Waals surface area contributed by atoms with Crippen LogP contribution in [-0.2, 0) is 11.2 Å². The molecular weight excluding hydrogens is 238 g/mol. The SMILES string of the molecule is CN1CCN(c2cccc(CC3(N)CC3)c2)C(=O)C1. The average Bonchev–Trinajstić information content (AvgIpc) is 3.07. The van der Waals surface area contributed by atoms with Gasteiger partial charge in [-0.1, -0.05) is 12.1 Å². The van der Waals surface area contributed by atoms with Gasteiger partial charge in [0.1, 0.15) is 0 Å². The van der Waals surface area contributed by atoms with Gasteiger partial charge in [0.25, 0.3) is 0 Å². The van der Waals surface area contributed by atoms with Crippen molar-refractivity contribution in [1.82, 2.24) is 4.90 Å². The van der Waals surface area contributed by atoms with Gasteiger partial charge in [-0.3, -0.25) is 9.69 Å². The summed E-state index contributed by atoms with van der Waals surface area (Å²) in [6, 6.07) is 8.28. The normalized spacial score (nSPS) is 22.6. The number of likely N-dealkylation sites (N-methyl/N-ethyl adjacent to an activating group) is 1. The molecule has 0 spiro atoms. The number of nitrogens with two attached hydrogens (primary N) is 1. The Morgan fingerprint density at radius 1 is 1.32 bits per heavy atom. The molecule has 0 radical (unpaired) electrons. The van der Waals surface area contributed by atoms with Crippen molar-refractivity contribution in [1.29, 1.82) is 0 Å². The highest BCUT2D eigenvalue weighted by atomic mass is 16.2. The first-order valence-corrected chi connectivity index (χ1v) is 6.93. The van der Waals surface area contributed by atoms with Crippen molar-refractivity contribution in [2.24, 2.45) is 5.73 Å². The predicted molar refractivity (Wildman–Crippen MR) is 76.1 cm³/mol. The van der Waals surface area contributed by atoms with Crippen LogP contribution in [0.1, 0.15) is 18.4 Å². The Morgan fingerprint density at radius 3 is 2.79 bits per heavy atom. The Balaban J connectivity index is 1.77. The van der Waals surface area contributed by atoms with Crippen molar-refractivity contribution in [3.8, 4) is 0 Å². The van der Waals surface area contributed by atoms with E-state index in [1.165, 1.54) is 5.56 Å². The zero-order valence-corrected chi connectivity index (χ0v) is 11.4. The number of amides is 1. The molecule has 2 fully saturated rings. The number of anilines is 1. The van der Waals surface area contributed by atoms with E-state index in [0.29, 0.717) is 6.54 Å². The fraction of sp³-hybridized carbons (Fsp3) is 0.533. The number of nitrogens with zero attached hydrogens (tertiary/aromatic N) is 2. The number of hydrogen-bond acceptors (Lipinski definition) is 3. The smallest absolute Gasteiger partial charge is 0.241 e. The first-order chi connectivity index (χ1) is 9.06. The lowest BCUT2D eigenvalue weighted by molar-refractivity contribution is -0.120. The third-order valence-corrected chi connectivity index (χ3v) is 4.08. The van der Waals surface area contributed by atoms with Gasteiger partial charge < -0.3 is 10.6 Å². The fourth-order valence-electron chi connectivity index (χ4n) is 2.64. The van der Waals surface area contributed by atoms with Crippen molar-refractivity contribution in [3.05, 3.63) is 29.8 Å². The number of rotatable bonds is 3. The molecule has 19 heavy (non-hydrogen) atoms. The molecule has 0 atom stereocenters. The lowest BCUT2D eigenvalue weighted by atomic mass is 10.0. The molecule has 1 aromatic carbocycles. The largest absolute Gasteiger partial charge is 0.325 e. The molecule has 0 aromatic heterocycles. The van der Waals surface area contributed by atoms with E-state index in [1.807, 2.05) is 24.1 Å². The first-order valence-electron chi connectivity index (χ1n) is 6.93. The summed E-state index contributed by atoms with van der Waals surface area (Å²) in [7, 11) is 1.98. The van der Waals surface area contributed by atoms with Gasteiger partial charge in [0, 0.05) is 24.3 Å². The van der Waals surface area contributed by atoms with E-state index in [9.17, 15) is 4.79 Å². The fourth-order valence-corrected chi connectivity index (χ4v) is 2.64. The van der Waals surface area contributed by atoms with Gasteiger partial charge in [-0.15, -0.1) is 0 Å². The minimum Gasteiger partial charge on any atom is -0.325 e. The predicted octanol–water partition coefficient (Wildman–Crippen LogP) is 0.999. The minimum atomic E-state index is 0.0186. The molecule has 2 N–H and O–H groups in total. The van der Waals surface area contributed by atoms with Crippen molar-refractivity contribution in [2.45, 2.75) is 24.8 Å². The summed E-state index contributed by atoms with van der Waals surface area (Å²) in [5, 5.41) is 0. The molecule has 1 saturated carbocycles. The molecule has 3 rings (SSSR count). The topological polar surface area (TPSA) is 49.6 Å². The molecule has 102 valence electrons. The second kappa shape index (κ2) is 4.62. The van der Waals surface area contributed by atoms with Crippen LogP contribution in [0.5, 0.6) is 0 Å². The maximum Gasteiger partial charge on any atom is 0.241 e. The summed E-state index contributed by atoms with van der Waals surface area (Å²) in [5.41, 5.74) is 8.44. The lowest BCUT2D eigenvalue weighted by Crippen LogP contribution is -2.48. The molecule has 0 unspecified atom stereocenters. The van der Waals surface area contributed by atoms with Crippen LogP contribution in [0.25, 0.3) is 0 Å². The van der Waals surface area contributed by atoms with Crippen LogP contribution in [0.3, 0.4) is 0 Å². The van der Waals surface area contributed by atoms with Crippen LogP contribution in [-0.4, -0.2) is 43.0 Å². The van der Waals surface area contributed by atoms with Crippen LogP contribution >= 0.6 is 0 Å². The quantitative estimate of drug-likeness (QED) is 0.881. The van der Waals surface area contributed by atoms with E-state index in [-0.39, 0.29) is 11.4 Å². The maximum atomic E-state index is 12.1. The zero-order chi connectivity index (χ0) is 13.5. The monoisotopic (exact) mass is 259 g/mol. The molecule has 2 aliphatic rings. The zero-order valence-electron chi connectivity index (χ0n) is 11.4. The third-order valence-electron chi connectivity index (χ3n) is 4.08. The van der Waals surface area contributed by atoms with E-state index >= 15 is 0 Å². The molecular formula is C15H21N3O.